The van der Waals surface area contributed by atoms with Gasteiger partial charge in [-0.25, -0.2) is 13.2 Å². The largest absolute Gasteiger partial charge is 0.452 e. The molecule has 0 spiro atoms. The summed E-state index contributed by atoms with van der Waals surface area (Å²) in [7, 11) is -3.11. The summed E-state index contributed by atoms with van der Waals surface area (Å²) in [6, 6.07) is 3.00. The lowest BCUT2D eigenvalue weighted by atomic mass is 10.1. The minimum atomic E-state index is -3.11. The highest BCUT2D eigenvalue weighted by molar-refractivity contribution is 9.10. The number of halogens is 1. The van der Waals surface area contributed by atoms with Gasteiger partial charge < -0.3 is 14.1 Å². The maximum absolute atomic E-state index is 12.5. The summed E-state index contributed by atoms with van der Waals surface area (Å²) < 4.78 is 34.1. The zero-order valence-electron chi connectivity index (χ0n) is 14.7. The van der Waals surface area contributed by atoms with Crippen molar-refractivity contribution in [3.8, 4) is 0 Å². The van der Waals surface area contributed by atoms with Gasteiger partial charge in [-0.2, -0.15) is 0 Å². The number of hydrogen-bond acceptors (Lipinski definition) is 6. The second kappa shape index (κ2) is 8.85. The molecule has 0 N–H and O–H groups in total. The van der Waals surface area contributed by atoms with Crippen LogP contribution in [0.5, 0.6) is 0 Å². The zero-order valence-corrected chi connectivity index (χ0v) is 17.1. The van der Waals surface area contributed by atoms with Gasteiger partial charge in [-0.1, -0.05) is 13.8 Å². The molecule has 1 aliphatic heterocycles. The van der Waals surface area contributed by atoms with Gasteiger partial charge in [0.15, 0.2) is 21.1 Å². The second-order valence-electron chi connectivity index (χ2n) is 6.58. The number of sulfone groups is 1. The lowest BCUT2D eigenvalue weighted by molar-refractivity contribution is -0.149. The maximum Gasteiger partial charge on any atom is 0.331 e. The Morgan fingerprint density at radius 1 is 1.42 bits per heavy atom. The number of rotatable bonds is 7. The third-order valence-electron chi connectivity index (χ3n) is 3.85. The number of carbonyl (C=O) groups is 2. The lowest BCUT2D eigenvalue weighted by Crippen LogP contribution is -2.45. The summed E-state index contributed by atoms with van der Waals surface area (Å²) in [4.78, 5) is 25.8. The smallest absolute Gasteiger partial charge is 0.331 e. The zero-order chi connectivity index (χ0) is 19.3. The molecule has 9 heteroatoms. The standard InChI is InChI=1S/C17H22BrNO6S/c1-12(2)9-19(13-7-8-26(22,23)11-13)16(20)10-24-17(21)6-4-14-3-5-15(18)25-14/h3-6,12-13H,7-11H2,1-2H3. The Hall–Kier alpha value is -1.61. The van der Waals surface area contributed by atoms with Crippen LogP contribution in [0.3, 0.4) is 0 Å². The minimum Gasteiger partial charge on any atom is -0.452 e. The molecule has 0 aromatic carbocycles. The van der Waals surface area contributed by atoms with Crippen LogP contribution in [-0.4, -0.2) is 55.9 Å². The number of nitrogens with zero attached hydrogens (tertiary/aromatic N) is 1. The number of ether oxygens (including phenoxy) is 1. The van der Waals surface area contributed by atoms with E-state index in [0.29, 0.717) is 23.4 Å². The van der Waals surface area contributed by atoms with Crippen LogP contribution < -0.4 is 0 Å². The van der Waals surface area contributed by atoms with Crippen molar-refractivity contribution in [3.63, 3.8) is 0 Å². The van der Waals surface area contributed by atoms with E-state index < -0.39 is 22.4 Å². The SMILES string of the molecule is CC(C)CN(C(=O)COC(=O)C=Cc1ccc(Br)o1)C1CCS(=O)(=O)C1. The van der Waals surface area contributed by atoms with Crippen LogP contribution in [0.1, 0.15) is 26.0 Å². The van der Waals surface area contributed by atoms with E-state index in [4.69, 9.17) is 9.15 Å². The van der Waals surface area contributed by atoms with Crippen LogP contribution in [0.2, 0.25) is 0 Å². The van der Waals surface area contributed by atoms with Gasteiger partial charge in [0.25, 0.3) is 5.91 Å². The van der Waals surface area contributed by atoms with Gasteiger partial charge in [-0.15, -0.1) is 0 Å². The predicted octanol–water partition coefficient (Wildman–Crippen LogP) is 2.27. The van der Waals surface area contributed by atoms with Gasteiger partial charge >= 0.3 is 5.97 Å². The third kappa shape index (κ3) is 6.28. The van der Waals surface area contributed by atoms with Crippen molar-refractivity contribution in [3.05, 3.63) is 28.6 Å². The highest BCUT2D eigenvalue weighted by Gasteiger charge is 2.35. The summed E-state index contributed by atoms with van der Waals surface area (Å²) in [6.45, 7) is 3.89. The first-order chi connectivity index (χ1) is 12.2. The molecule has 0 aliphatic carbocycles. The van der Waals surface area contributed by atoms with Crippen LogP contribution in [-0.2, 0) is 24.2 Å². The molecular weight excluding hydrogens is 426 g/mol. The van der Waals surface area contributed by atoms with Gasteiger partial charge in [-0.05, 0) is 46.5 Å². The Bertz CT molecular complexity index is 783. The molecule has 1 amide bonds. The van der Waals surface area contributed by atoms with Crippen LogP contribution in [0.4, 0.5) is 0 Å². The normalized spacial score (nSPS) is 19.2. The molecule has 2 rings (SSSR count). The number of carbonyl (C=O) groups excluding carboxylic acids is 2. The lowest BCUT2D eigenvalue weighted by Gasteiger charge is -2.29. The number of amides is 1. The molecule has 2 heterocycles. The molecule has 1 aromatic heterocycles. The molecule has 0 saturated carbocycles. The van der Waals surface area contributed by atoms with Gasteiger partial charge in [0.2, 0.25) is 0 Å². The van der Waals surface area contributed by atoms with Crippen molar-refractivity contribution in [2.75, 3.05) is 24.7 Å². The fraction of sp³-hybridized carbons (Fsp3) is 0.529. The van der Waals surface area contributed by atoms with E-state index in [1.807, 2.05) is 13.8 Å². The average Bonchev–Trinajstić information content (AvgIpc) is 3.13. The molecule has 1 saturated heterocycles. The topological polar surface area (TPSA) is 93.9 Å². The Labute approximate surface area is 161 Å². The van der Waals surface area contributed by atoms with Crippen molar-refractivity contribution < 1.29 is 27.2 Å². The first kappa shape index (κ1) is 20.7. The molecule has 1 atom stereocenters. The predicted molar refractivity (Wildman–Crippen MR) is 100 cm³/mol. The highest BCUT2D eigenvalue weighted by Crippen LogP contribution is 2.19. The molecule has 1 fully saturated rings. The molecule has 1 aliphatic rings. The van der Waals surface area contributed by atoms with Crippen molar-refractivity contribution >= 4 is 43.7 Å². The molecule has 7 nitrogen and oxygen atoms in total. The van der Waals surface area contributed by atoms with E-state index in [0.717, 1.165) is 0 Å². The summed E-state index contributed by atoms with van der Waals surface area (Å²) >= 11 is 3.15. The fourth-order valence-electron chi connectivity index (χ4n) is 2.70. The Morgan fingerprint density at radius 3 is 2.69 bits per heavy atom. The first-order valence-corrected chi connectivity index (χ1v) is 10.9. The fourth-order valence-corrected chi connectivity index (χ4v) is 4.75. The highest BCUT2D eigenvalue weighted by atomic mass is 79.9. The Balaban J connectivity index is 1.92. The second-order valence-corrected chi connectivity index (χ2v) is 9.59. The van der Waals surface area contributed by atoms with Crippen molar-refractivity contribution in [2.45, 2.75) is 26.3 Å². The molecule has 1 aromatic rings. The van der Waals surface area contributed by atoms with E-state index in [-0.39, 0.29) is 29.4 Å². The van der Waals surface area contributed by atoms with E-state index in [2.05, 4.69) is 15.9 Å². The van der Waals surface area contributed by atoms with Crippen LogP contribution in [0.25, 0.3) is 6.08 Å². The monoisotopic (exact) mass is 447 g/mol. The van der Waals surface area contributed by atoms with Crippen LogP contribution in [0, 0.1) is 5.92 Å². The summed E-state index contributed by atoms with van der Waals surface area (Å²) in [6.07, 6.45) is 3.03. The third-order valence-corrected chi connectivity index (χ3v) is 6.02. The van der Waals surface area contributed by atoms with Gasteiger partial charge in [0, 0.05) is 18.7 Å². The van der Waals surface area contributed by atoms with E-state index in [1.54, 1.807) is 12.1 Å². The quantitative estimate of drug-likeness (QED) is 0.469. The number of hydrogen-bond donors (Lipinski definition) is 0. The van der Waals surface area contributed by atoms with Gasteiger partial charge in [0.1, 0.15) is 5.76 Å². The summed E-state index contributed by atoms with van der Waals surface area (Å²) in [5.41, 5.74) is 0. The molecule has 0 bridgehead atoms. The molecule has 0 radical (unpaired) electrons. The van der Waals surface area contributed by atoms with Crippen LogP contribution >= 0.6 is 15.9 Å². The molecule has 26 heavy (non-hydrogen) atoms. The summed E-state index contributed by atoms with van der Waals surface area (Å²) in [5, 5.41) is 0. The van der Waals surface area contributed by atoms with Crippen molar-refractivity contribution in [1.29, 1.82) is 0 Å². The Morgan fingerprint density at radius 2 is 2.15 bits per heavy atom. The average molecular weight is 448 g/mol. The number of furan rings is 1. The maximum atomic E-state index is 12.5. The molecular formula is C17H22BrNO6S. The van der Waals surface area contributed by atoms with Gasteiger partial charge in [-0.3, -0.25) is 4.79 Å². The summed E-state index contributed by atoms with van der Waals surface area (Å²) in [5.74, 6) is -0.362. The van der Waals surface area contributed by atoms with E-state index in [1.165, 1.54) is 17.1 Å². The van der Waals surface area contributed by atoms with Gasteiger partial charge in [0.05, 0.1) is 11.5 Å². The molecule has 144 valence electrons. The number of esters is 1. The first-order valence-electron chi connectivity index (χ1n) is 8.26. The van der Waals surface area contributed by atoms with Crippen LogP contribution in [0.15, 0.2) is 27.3 Å². The van der Waals surface area contributed by atoms with E-state index in [9.17, 15) is 18.0 Å². The molecule has 1 unspecified atom stereocenters. The Kier molecular flexibility index (Phi) is 7.05. The van der Waals surface area contributed by atoms with Crippen molar-refractivity contribution in [2.24, 2.45) is 5.92 Å². The minimum absolute atomic E-state index is 0.0350. The van der Waals surface area contributed by atoms with Crippen molar-refractivity contribution in [1.82, 2.24) is 4.90 Å². The van der Waals surface area contributed by atoms with E-state index >= 15 is 0 Å².